The molecule has 0 aliphatic carbocycles. The Morgan fingerprint density at radius 3 is 2.75 bits per heavy atom. The molecule has 1 aromatic carbocycles. The molecule has 1 unspecified atom stereocenters. The van der Waals surface area contributed by atoms with E-state index >= 15 is 0 Å². The fourth-order valence-electron chi connectivity index (χ4n) is 3.40. The molecule has 1 fully saturated rings. The lowest BCUT2D eigenvalue weighted by atomic mass is 10.1. The number of hydrogen-bond acceptors (Lipinski definition) is 6. The molecule has 1 atom stereocenters. The number of pyridine rings is 1. The van der Waals surface area contributed by atoms with Crippen LogP contribution >= 0.6 is 0 Å². The minimum absolute atomic E-state index is 0.00807. The first-order chi connectivity index (χ1) is 13.8. The van der Waals surface area contributed by atoms with Crippen molar-refractivity contribution in [2.45, 2.75) is 31.7 Å². The third kappa shape index (κ3) is 4.19. The van der Waals surface area contributed by atoms with Crippen molar-refractivity contribution < 1.29 is 14.1 Å². The molecule has 3 heterocycles. The Balaban J connectivity index is 1.50. The minimum atomic E-state index is -0.225. The second-order valence-corrected chi connectivity index (χ2v) is 6.75. The van der Waals surface area contributed by atoms with E-state index in [4.69, 9.17) is 9.26 Å². The molecule has 1 aliphatic rings. The Labute approximate surface area is 163 Å². The standard InChI is InChI=1S/C21H22N4O3/c26-19(15-27-17-7-3-1-4-8-17)25-14-6-2-5-9-18(25)21-23-20(24-28-21)16-10-12-22-13-11-16/h1,3-4,7-8,10-13,18H,2,5-6,9,14-15H2. The van der Waals surface area contributed by atoms with Gasteiger partial charge in [0.2, 0.25) is 11.7 Å². The average Bonchev–Trinajstić information content (AvgIpc) is 3.11. The zero-order chi connectivity index (χ0) is 19.2. The Morgan fingerprint density at radius 2 is 1.93 bits per heavy atom. The molecule has 0 bridgehead atoms. The first-order valence-electron chi connectivity index (χ1n) is 9.52. The van der Waals surface area contributed by atoms with Gasteiger partial charge in [-0.3, -0.25) is 9.78 Å². The van der Waals surface area contributed by atoms with E-state index in [1.807, 2.05) is 47.4 Å². The maximum atomic E-state index is 12.9. The summed E-state index contributed by atoms with van der Waals surface area (Å²) in [4.78, 5) is 23.3. The highest BCUT2D eigenvalue weighted by Gasteiger charge is 2.31. The molecule has 144 valence electrons. The number of para-hydroxylation sites is 1. The third-order valence-electron chi connectivity index (χ3n) is 4.84. The molecule has 7 nitrogen and oxygen atoms in total. The lowest BCUT2D eigenvalue weighted by Crippen LogP contribution is -2.38. The molecule has 0 spiro atoms. The van der Waals surface area contributed by atoms with Gasteiger partial charge in [-0.15, -0.1) is 0 Å². The molecule has 1 amide bonds. The van der Waals surface area contributed by atoms with Crippen molar-refractivity contribution in [2.24, 2.45) is 0 Å². The van der Waals surface area contributed by atoms with Crippen LogP contribution in [0, 0.1) is 0 Å². The van der Waals surface area contributed by atoms with E-state index in [9.17, 15) is 4.79 Å². The van der Waals surface area contributed by atoms with Crippen molar-refractivity contribution >= 4 is 5.91 Å². The summed E-state index contributed by atoms with van der Waals surface area (Å²) in [5, 5.41) is 4.10. The third-order valence-corrected chi connectivity index (χ3v) is 4.84. The van der Waals surface area contributed by atoms with Gasteiger partial charge in [0.05, 0.1) is 0 Å². The molecule has 1 saturated heterocycles. The van der Waals surface area contributed by atoms with E-state index in [1.54, 1.807) is 12.4 Å². The normalized spacial score (nSPS) is 17.1. The summed E-state index contributed by atoms with van der Waals surface area (Å²) in [7, 11) is 0. The number of likely N-dealkylation sites (tertiary alicyclic amines) is 1. The molecule has 0 radical (unpaired) electrons. The molecular weight excluding hydrogens is 356 g/mol. The van der Waals surface area contributed by atoms with Crippen LogP contribution in [0.1, 0.15) is 37.6 Å². The summed E-state index contributed by atoms with van der Waals surface area (Å²) in [6.45, 7) is 0.653. The van der Waals surface area contributed by atoms with Gasteiger partial charge in [0.25, 0.3) is 5.91 Å². The zero-order valence-electron chi connectivity index (χ0n) is 15.5. The zero-order valence-corrected chi connectivity index (χ0v) is 15.5. The fraction of sp³-hybridized carbons (Fsp3) is 0.333. The molecule has 3 aromatic rings. The maximum absolute atomic E-state index is 12.9. The van der Waals surface area contributed by atoms with Crippen molar-refractivity contribution in [2.75, 3.05) is 13.2 Å². The molecule has 1 aliphatic heterocycles. The van der Waals surface area contributed by atoms with Gasteiger partial charge in [-0.1, -0.05) is 36.2 Å². The summed E-state index contributed by atoms with van der Waals surface area (Å²) in [6, 6.07) is 12.8. The number of rotatable bonds is 5. The number of nitrogens with zero attached hydrogens (tertiary/aromatic N) is 4. The topological polar surface area (TPSA) is 81.4 Å². The predicted molar refractivity (Wildman–Crippen MR) is 102 cm³/mol. The van der Waals surface area contributed by atoms with Crippen LogP contribution < -0.4 is 4.74 Å². The summed E-state index contributed by atoms with van der Waals surface area (Å²) in [6.07, 6.45) is 7.22. The first-order valence-corrected chi connectivity index (χ1v) is 9.52. The molecule has 0 N–H and O–H groups in total. The van der Waals surface area contributed by atoms with Gasteiger partial charge in [0.1, 0.15) is 11.8 Å². The molecule has 0 saturated carbocycles. The van der Waals surface area contributed by atoms with Crippen LogP contribution in [0.25, 0.3) is 11.4 Å². The highest BCUT2D eigenvalue weighted by atomic mass is 16.5. The van der Waals surface area contributed by atoms with Crippen LogP contribution in [0.4, 0.5) is 0 Å². The van der Waals surface area contributed by atoms with E-state index in [1.165, 1.54) is 0 Å². The Hall–Kier alpha value is -3.22. The second-order valence-electron chi connectivity index (χ2n) is 6.75. The largest absolute Gasteiger partial charge is 0.484 e. The molecular formula is C21H22N4O3. The van der Waals surface area contributed by atoms with Gasteiger partial charge in [0, 0.05) is 24.5 Å². The van der Waals surface area contributed by atoms with E-state index in [2.05, 4.69) is 15.1 Å². The van der Waals surface area contributed by atoms with Gasteiger partial charge >= 0.3 is 0 Å². The number of carbonyl (C=O) groups is 1. The Morgan fingerprint density at radius 1 is 1.11 bits per heavy atom. The fourth-order valence-corrected chi connectivity index (χ4v) is 3.40. The van der Waals surface area contributed by atoms with Crippen LogP contribution in [0.3, 0.4) is 0 Å². The van der Waals surface area contributed by atoms with Crippen molar-refractivity contribution in [1.82, 2.24) is 20.0 Å². The number of ether oxygens (including phenoxy) is 1. The molecule has 7 heteroatoms. The van der Waals surface area contributed by atoms with Crippen molar-refractivity contribution in [3.05, 3.63) is 60.7 Å². The number of benzene rings is 1. The quantitative estimate of drug-likeness (QED) is 0.674. The monoisotopic (exact) mass is 378 g/mol. The number of aromatic nitrogens is 3. The predicted octanol–water partition coefficient (Wildman–Crippen LogP) is 3.65. The minimum Gasteiger partial charge on any atom is -0.484 e. The van der Waals surface area contributed by atoms with Crippen molar-refractivity contribution in [3.63, 3.8) is 0 Å². The van der Waals surface area contributed by atoms with Crippen LogP contribution in [0.5, 0.6) is 5.75 Å². The highest BCUT2D eigenvalue weighted by Crippen LogP contribution is 2.30. The number of carbonyl (C=O) groups excluding carboxylic acids is 1. The lowest BCUT2D eigenvalue weighted by Gasteiger charge is -2.27. The van der Waals surface area contributed by atoms with E-state index in [0.717, 1.165) is 31.2 Å². The van der Waals surface area contributed by atoms with Gasteiger partial charge in [-0.2, -0.15) is 4.98 Å². The molecule has 2 aromatic heterocycles. The van der Waals surface area contributed by atoms with Crippen molar-refractivity contribution in [3.8, 4) is 17.1 Å². The van der Waals surface area contributed by atoms with Gasteiger partial charge in [-0.25, -0.2) is 0 Å². The summed E-state index contributed by atoms with van der Waals surface area (Å²) in [5.74, 6) is 1.59. The van der Waals surface area contributed by atoms with Gasteiger partial charge in [-0.05, 0) is 37.1 Å². The Kier molecular flexibility index (Phi) is 5.61. The van der Waals surface area contributed by atoms with Crippen molar-refractivity contribution in [1.29, 1.82) is 0 Å². The SMILES string of the molecule is O=C(COc1ccccc1)N1CCCCCC1c1nc(-c2ccncc2)no1. The molecule has 28 heavy (non-hydrogen) atoms. The summed E-state index contributed by atoms with van der Waals surface area (Å²) < 4.78 is 11.2. The van der Waals surface area contributed by atoms with Gasteiger partial charge < -0.3 is 14.2 Å². The van der Waals surface area contributed by atoms with E-state index < -0.39 is 0 Å². The van der Waals surface area contributed by atoms with Crippen LogP contribution in [0.2, 0.25) is 0 Å². The van der Waals surface area contributed by atoms with E-state index in [0.29, 0.717) is 24.0 Å². The number of amides is 1. The van der Waals surface area contributed by atoms with E-state index in [-0.39, 0.29) is 18.6 Å². The van der Waals surface area contributed by atoms with Crippen LogP contribution in [-0.4, -0.2) is 39.1 Å². The number of hydrogen-bond donors (Lipinski definition) is 0. The highest BCUT2D eigenvalue weighted by molar-refractivity contribution is 5.78. The van der Waals surface area contributed by atoms with Crippen LogP contribution in [-0.2, 0) is 4.79 Å². The first kappa shape index (κ1) is 18.2. The maximum Gasteiger partial charge on any atom is 0.261 e. The van der Waals surface area contributed by atoms with Crippen LogP contribution in [0.15, 0.2) is 59.4 Å². The average molecular weight is 378 g/mol. The van der Waals surface area contributed by atoms with Gasteiger partial charge in [0.15, 0.2) is 6.61 Å². The molecule has 4 rings (SSSR count). The Bertz CT molecular complexity index is 898. The lowest BCUT2D eigenvalue weighted by molar-refractivity contribution is -0.136. The smallest absolute Gasteiger partial charge is 0.261 e. The second kappa shape index (κ2) is 8.65. The summed E-state index contributed by atoms with van der Waals surface area (Å²) >= 11 is 0. The summed E-state index contributed by atoms with van der Waals surface area (Å²) in [5.41, 5.74) is 0.837.